The van der Waals surface area contributed by atoms with Gasteiger partial charge in [0.2, 0.25) is 0 Å². The molecule has 1 saturated heterocycles. The minimum absolute atomic E-state index is 0.0647. The highest BCUT2D eigenvalue weighted by molar-refractivity contribution is 5.90. The third-order valence-corrected chi connectivity index (χ3v) is 5.13. The Morgan fingerprint density at radius 3 is 2.48 bits per heavy atom. The molecule has 25 heavy (non-hydrogen) atoms. The highest BCUT2D eigenvalue weighted by Crippen LogP contribution is 2.20. The van der Waals surface area contributed by atoms with Crippen LogP contribution in [-0.4, -0.2) is 56.2 Å². The van der Waals surface area contributed by atoms with Crippen LogP contribution in [0.15, 0.2) is 24.3 Å². The van der Waals surface area contributed by atoms with Crippen molar-refractivity contribution in [2.24, 2.45) is 0 Å². The molecule has 1 aromatic rings. The van der Waals surface area contributed by atoms with E-state index in [9.17, 15) is 9.59 Å². The van der Waals surface area contributed by atoms with E-state index in [1.54, 1.807) is 6.07 Å². The van der Waals surface area contributed by atoms with Gasteiger partial charge >= 0.3 is 12.0 Å². The maximum absolute atomic E-state index is 12.4. The van der Waals surface area contributed by atoms with Crippen molar-refractivity contribution in [2.45, 2.75) is 38.1 Å². The van der Waals surface area contributed by atoms with Crippen LogP contribution in [0.3, 0.4) is 0 Å². The van der Waals surface area contributed by atoms with E-state index < -0.39 is 0 Å². The zero-order valence-corrected chi connectivity index (χ0v) is 14.9. The van der Waals surface area contributed by atoms with Crippen LogP contribution in [0.2, 0.25) is 0 Å². The number of hydrogen-bond donors (Lipinski definition) is 1. The van der Waals surface area contributed by atoms with Crippen LogP contribution >= 0.6 is 0 Å². The Balaban J connectivity index is 1.53. The third-order valence-electron chi connectivity index (χ3n) is 5.13. The van der Waals surface area contributed by atoms with Gasteiger partial charge in [-0.1, -0.05) is 25.3 Å². The van der Waals surface area contributed by atoms with Gasteiger partial charge in [0.25, 0.3) is 0 Å². The standard InChI is InChI=1S/C19H27N3O3/c1-25-18(23)15-6-5-9-17(14-15)21-10-12-22(13-11-21)19(24)20-16-7-3-2-4-8-16/h5-6,9,14,16H,2-4,7-8,10-13H2,1H3,(H,20,24). The van der Waals surface area contributed by atoms with Gasteiger partial charge in [0.15, 0.2) is 0 Å². The summed E-state index contributed by atoms with van der Waals surface area (Å²) >= 11 is 0. The van der Waals surface area contributed by atoms with Crippen molar-refractivity contribution in [3.8, 4) is 0 Å². The fourth-order valence-electron chi connectivity index (χ4n) is 3.63. The quantitative estimate of drug-likeness (QED) is 0.856. The number of hydrogen-bond acceptors (Lipinski definition) is 4. The first-order valence-electron chi connectivity index (χ1n) is 9.16. The van der Waals surface area contributed by atoms with E-state index in [-0.39, 0.29) is 12.0 Å². The summed E-state index contributed by atoms with van der Waals surface area (Å²) in [6, 6.07) is 7.87. The molecule has 3 rings (SSSR count). The first-order chi connectivity index (χ1) is 12.2. The second-order valence-electron chi connectivity index (χ2n) is 6.80. The maximum atomic E-state index is 12.4. The molecular weight excluding hydrogens is 318 g/mol. The number of methoxy groups -OCH3 is 1. The van der Waals surface area contributed by atoms with Crippen LogP contribution in [0, 0.1) is 0 Å². The number of carbonyl (C=O) groups is 2. The number of rotatable bonds is 3. The Bertz CT molecular complexity index is 606. The number of piperazine rings is 1. The van der Waals surface area contributed by atoms with Crippen molar-refractivity contribution in [1.29, 1.82) is 0 Å². The Morgan fingerprint density at radius 2 is 1.80 bits per heavy atom. The zero-order chi connectivity index (χ0) is 17.6. The molecule has 0 radical (unpaired) electrons. The summed E-state index contributed by atoms with van der Waals surface area (Å²) in [4.78, 5) is 28.2. The predicted molar refractivity (Wildman–Crippen MR) is 97.0 cm³/mol. The number of ether oxygens (including phenoxy) is 1. The van der Waals surface area contributed by atoms with Crippen molar-refractivity contribution in [1.82, 2.24) is 10.2 Å². The van der Waals surface area contributed by atoms with Gasteiger partial charge in [0.05, 0.1) is 12.7 Å². The minimum Gasteiger partial charge on any atom is -0.465 e. The lowest BCUT2D eigenvalue weighted by Crippen LogP contribution is -2.53. The number of nitrogens with one attached hydrogen (secondary N) is 1. The summed E-state index contributed by atoms with van der Waals surface area (Å²) in [7, 11) is 1.39. The van der Waals surface area contributed by atoms with E-state index in [1.807, 2.05) is 23.1 Å². The van der Waals surface area contributed by atoms with Crippen molar-refractivity contribution in [3.05, 3.63) is 29.8 Å². The summed E-state index contributed by atoms with van der Waals surface area (Å²) < 4.78 is 4.78. The number of nitrogens with zero attached hydrogens (tertiary/aromatic N) is 2. The third kappa shape index (κ3) is 4.44. The Morgan fingerprint density at radius 1 is 1.08 bits per heavy atom. The van der Waals surface area contributed by atoms with Crippen LogP contribution in [0.4, 0.5) is 10.5 Å². The first-order valence-corrected chi connectivity index (χ1v) is 9.16. The van der Waals surface area contributed by atoms with Crippen molar-refractivity contribution >= 4 is 17.7 Å². The normalized spacial score (nSPS) is 18.8. The predicted octanol–water partition coefficient (Wildman–Crippen LogP) is 2.64. The molecule has 2 fully saturated rings. The van der Waals surface area contributed by atoms with E-state index in [2.05, 4.69) is 10.2 Å². The Labute approximate surface area is 149 Å². The Kier molecular flexibility index (Phi) is 5.79. The van der Waals surface area contributed by atoms with Crippen LogP contribution in [0.5, 0.6) is 0 Å². The van der Waals surface area contributed by atoms with E-state index in [1.165, 1.54) is 26.4 Å². The average molecular weight is 345 g/mol. The topological polar surface area (TPSA) is 61.9 Å². The second kappa shape index (κ2) is 8.23. The van der Waals surface area contributed by atoms with Gasteiger partial charge in [-0.15, -0.1) is 0 Å². The van der Waals surface area contributed by atoms with Crippen LogP contribution in [0.1, 0.15) is 42.5 Å². The van der Waals surface area contributed by atoms with Gasteiger partial charge in [0.1, 0.15) is 0 Å². The highest BCUT2D eigenvalue weighted by Gasteiger charge is 2.24. The van der Waals surface area contributed by atoms with Crippen LogP contribution in [-0.2, 0) is 4.74 Å². The molecule has 0 unspecified atom stereocenters. The molecule has 2 aliphatic rings. The number of amides is 2. The molecule has 6 nitrogen and oxygen atoms in total. The lowest BCUT2D eigenvalue weighted by atomic mass is 9.96. The summed E-state index contributed by atoms with van der Waals surface area (Å²) in [5.41, 5.74) is 1.55. The van der Waals surface area contributed by atoms with Crippen molar-refractivity contribution in [2.75, 3.05) is 38.2 Å². The molecule has 0 aromatic heterocycles. The summed E-state index contributed by atoms with van der Waals surface area (Å²) in [5.74, 6) is -0.327. The van der Waals surface area contributed by atoms with E-state index in [0.29, 0.717) is 24.7 Å². The summed E-state index contributed by atoms with van der Waals surface area (Å²) in [5, 5.41) is 3.18. The van der Waals surface area contributed by atoms with Gasteiger partial charge in [-0.25, -0.2) is 9.59 Å². The number of benzene rings is 1. The Hall–Kier alpha value is -2.24. The smallest absolute Gasteiger partial charge is 0.337 e. The van der Waals surface area contributed by atoms with Gasteiger partial charge in [0, 0.05) is 37.9 Å². The number of carbonyl (C=O) groups excluding carboxylic acids is 2. The van der Waals surface area contributed by atoms with Crippen LogP contribution in [0.25, 0.3) is 0 Å². The van der Waals surface area contributed by atoms with Crippen molar-refractivity contribution < 1.29 is 14.3 Å². The van der Waals surface area contributed by atoms with Gasteiger partial charge in [-0.05, 0) is 31.0 Å². The summed E-state index contributed by atoms with van der Waals surface area (Å²) in [6.07, 6.45) is 5.93. The molecular formula is C19H27N3O3. The highest BCUT2D eigenvalue weighted by atomic mass is 16.5. The maximum Gasteiger partial charge on any atom is 0.337 e. The number of esters is 1. The first kappa shape index (κ1) is 17.6. The van der Waals surface area contributed by atoms with Gasteiger partial charge in [-0.2, -0.15) is 0 Å². The van der Waals surface area contributed by atoms with Gasteiger partial charge < -0.3 is 19.9 Å². The lowest BCUT2D eigenvalue weighted by molar-refractivity contribution is 0.0600. The van der Waals surface area contributed by atoms with Crippen molar-refractivity contribution in [3.63, 3.8) is 0 Å². The number of anilines is 1. The molecule has 2 amide bonds. The molecule has 1 saturated carbocycles. The van der Waals surface area contributed by atoms with Crippen LogP contribution < -0.4 is 10.2 Å². The zero-order valence-electron chi connectivity index (χ0n) is 14.9. The molecule has 0 spiro atoms. The molecule has 1 aromatic carbocycles. The van der Waals surface area contributed by atoms with E-state index in [4.69, 9.17) is 4.74 Å². The molecule has 1 heterocycles. The monoisotopic (exact) mass is 345 g/mol. The summed E-state index contributed by atoms with van der Waals surface area (Å²) in [6.45, 7) is 2.92. The molecule has 0 bridgehead atoms. The second-order valence-corrected chi connectivity index (χ2v) is 6.80. The number of urea groups is 1. The minimum atomic E-state index is -0.327. The average Bonchev–Trinajstić information content (AvgIpc) is 2.68. The molecule has 1 aliphatic heterocycles. The SMILES string of the molecule is COC(=O)c1cccc(N2CCN(C(=O)NC3CCCCC3)CC2)c1. The molecule has 1 aliphatic carbocycles. The fourth-order valence-corrected chi connectivity index (χ4v) is 3.63. The molecule has 1 N–H and O–H groups in total. The largest absolute Gasteiger partial charge is 0.465 e. The lowest BCUT2D eigenvalue weighted by Gasteiger charge is -2.37. The fraction of sp³-hybridized carbons (Fsp3) is 0.579. The van der Waals surface area contributed by atoms with Gasteiger partial charge in [-0.3, -0.25) is 0 Å². The molecule has 136 valence electrons. The molecule has 0 atom stereocenters. The molecule has 6 heteroatoms. The van der Waals surface area contributed by atoms with E-state index >= 15 is 0 Å². The van der Waals surface area contributed by atoms with E-state index in [0.717, 1.165) is 31.6 Å².